The van der Waals surface area contributed by atoms with Crippen LogP contribution in [-0.4, -0.2) is 12.0 Å². The van der Waals surface area contributed by atoms with Gasteiger partial charge in [0.2, 0.25) is 5.91 Å². The predicted octanol–water partition coefficient (Wildman–Crippen LogP) is 3.89. The molecule has 0 aromatic heterocycles. The number of nitrogens with one attached hydrogen (secondary N) is 1. The Bertz CT molecular complexity index is 638. The van der Waals surface area contributed by atoms with Gasteiger partial charge in [0.1, 0.15) is 0 Å². The molecule has 0 radical (unpaired) electrons. The zero-order valence-corrected chi connectivity index (χ0v) is 14.5. The lowest BCUT2D eigenvalue weighted by molar-refractivity contribution is -0.120. The van der Waals surface area contributed by atoms with E-state index >= 15 is 0 Å². The number of amides is 1. The second kappa shape index (κ2) is 8.62. The summed E-state index contributed by atoms with van der Waals surface area (Å²) in [5.41, 5.74) is 9.01. The molecule has 0 aliphatic rings. The second-order valence-corrected chi connectivity index (χ2v) is 6.27. The lowest BCUT2D eigenvalue weighted by atomic mass is 9.94. The quantitative estimate of drug-likeness (QED) is 0.811. The van der Waals surface area contributed by atoms with Crippen molar-refractivity contribution in [2.45, 2.75) is 39.5 Å². The molecule has 2 atom stereocenters. The SMILES string of the molecule is CC(C)OCc1ccc(NC(=O)C(C)C(N)c2ccccc2)cc1. The highest BCUT2D eigenvalue weighted by Crippen LogP contribution is 2.21. The Morgan fingerprint density at radius 2 is 1.67 bits per heavy atom. The van der Waals surface area contributed by atoms with Crippen LogP contribution in [0.2, 0.25) is 0 Å². The Balaban J connectivity index is 1.93. The molecule has 0 aliphatic heterocycles. The molecule has 1 amide bonds. The third kappa shape index (κ3) is 5.18. The second-order valence-electron chi connectivity index (χ2n) is 6.27. The van der Waals surface area contributed by atoms with E-state index in [2.05, 4.69) is 5.32 Å². The van der Waals surface area contributed by atoms with E-state index in [9.17, 15) is 4.79 Å². The summed E-state index contributed by atoms with van der Waals surface area (Å²) in [7, 11) is 0. The van der Waals surface area contributed by atoms with Crippen LogP contribution in [0.1, 0.15) is 37.9 Å². The van der Waals surface area contributed by atoms with Crippen LogP contribution in [0.5, 0.6) is 0 Å². The van der Waals surface area contributed by atoms with Gasteiger partial charge in [-0.1, -0.05) is 49.4 Å². The van der Waals surface area contributed by atoms with Crippen LogP contribution in [0.4, 0.5) is 5.69 Å². The highest BCUT2D eigenvalue weighted by atomic mass is 16.5. The normalized spacial score (nSPS) is 13.5. The van der Waals surface area contributed by atoms with Gasteiger partial charge in [0.15, 0.2) is 0 Å². The van der Waals surface area contributed by atoms with Crippen LogP contribution in [0.25, 0.3) is 0 Å². The standard InChI is InChI=1S/C20H26N2O2/c1-14(2)24-13-16-9-11-18(12-10-16)22-20(23)15(3)19(21)17-7-5-4-6-8-17/h4-12,14-15,19H,13,21H2,1-3H3,(H,22,23). The number of hydrogen-bond donors (Lipinski definition) is 2. The average Bonchev–Trinajstić information content (AvgIpc) is 2.60. The number of hydrogen-bond acceptors (Lipinski definition) is 3. The number of anilines is 1. The van der Waals surface area contributed by atoms with Crippen LogP contribution in [0, 0.1) is 5.92 Å². The van der Waals surface area contributed by atoms with Crippen molar-refractivity contribution in [1.82, 2.24) is 0 Å². The molecule has 24 heavy (non-hydrogen) atoms. The highest BCUT2D eigenvalue weighted by molar-refractivity contribution is 5.92. The fraction of sp³-hybridized carbons (Fsp3) is 0.350. The molecule has 0 saturated carbocycles. The van der Waals surface area contributed by atoms with Crippen molar-refractivity contribution in [3.63, 3.8) is 0 Å². The fourth-order valence-corrected chi connectivity index (χ4v) is 2.33. The first-order valence-electron chi connectivity index (χ1n) is 8.29. The monoisotopic (exact) mass is 326 g/mol. The minimum absolute atomic E-state index is 0.0856. The third-order valence-corrected chi connectivity index (χ3v) is 3.94. The minimum Gasteiger partial charge on any atom is -0.374 e. The third-order valence-electron chi connectivity index (χ3n) is 3.94. The van der Waals surface area contributed by atoms with Gasteiger partial charge >= 0.3 is 0 Å². The molecule has 4 nitrogen and oxygen atoms in total. The van der Waals surface area contributed by atoms with Gasteiger partial charge in [-0.25, -0.2) is 0 Å². The van der Waals surface area contributed by atoms with Gasteiger partial charge in [-0.15, -0.1) is 0 Å². The molecule has 0 fully saturated rings. The first-order valence-corrected chi connectivity index (χ1v) is 8.29. The summed E-state index contributed by atoms with van der Waals surface area (Å²) in [5, 5.41) is 2.92. The zero-order chi connectivity index (χ0) is 17.5. The largest absolute Gasteiger partial charge is 0.374 e. The Labute approximate surface area is 144 Å². The summed E-state index contributed by atoms with van der Waals surface area (Å²) in [4.78, 5) is 12.4. The molecule has 128 valence electrons. The Hall–Kier alpha value is -2.17. The molecule has 2 aromatic carbocycles. The van der Waals surface area contributed by atoms with E-state index in [0.717, 1.165) is 16.8 Å². The van der Waals surface area contributed by atoms with Crippen LogP contribution in [0.15, 0.2) is 54.6 Å². The van der Waals surface area contributed by atoms with E-state index < -0.39 is 0 Å². The highest BCUT2D eigenvalue weighted by Gasteiger charge is 2.22. The van der Waals surface area contributed by atoms with Crippen molar-refractivity contribution in [2.24, 2.45) is 11.7 Å². The molecule has 4 heteroatoms. The van der Waals surface area contributed by atoms with Crippen LogP contribution in [0.3, 0.4) is 0 Å². The first kappa shape index (κ1) is 18.2. The lowest BCUT2D eigenvalue weighted by Gasteiger charge is -2.20. The fourth-order valence-electron chi connectivity index (χ4n) is 2.33. The predicted molar refractivity (Wildman–Crippen MR) is 97.5 cm³/mol. The molecule has 0 aliphatic carbocycles. The van der Waals surface area contributed by atoms with E-state index in [4.69, 9.17) is 10.5 Å². The van der Waals surface area contributed by atoms with Gasteiger partial charge in [0.05, 0.1) is 18.6 Å². The molecular formula is C20H26N2O2. The van der Waals surface area contributed by atoms with Gasteiger partial charge in [0.25, 0.3) is 0 Å². The summed E-state index contributed by atoms with van der Waals surface area (Å²) in [6.07, 6.45) is 0.199. The molecule has 0 saturated heterocycles. The summed E-state index contributed by atoms with van der Waals surface area (Å²) in [6, 6.07) is 17.0. The van der Waals surface area contributed by atoms with Crippen molar-refractivity contribution in [3.8, 4) is 0 Å². The smallest absolute Gasteiger partial charge is 0.229 e. The van der Waals surface area contributed by atoms with Gasteiger partial charge in [-0.2, -0.15) is 0 Å². The maximum absolute atomic E-state index is 12.4. The van der Waals surface area contributed by atoms with Crippen molar-refractivity contribution in [1.29, 1.82) is 0 Å². The van der Waals surface area contributed by atoms with Crippen LogP contribution >= 0.6 is 0 Å². The van der Waals surface area contributed by atoms with E-state index in [1.807, 2.05) is 75.4 Å². The number of rotatable bonds is 7. The average molecular weight is 326 g/mol. The Morgan fingerprint density at radius 3 is 2.25 bits per heavy atom. The molecule has 0 bridgehead atoms. The van der Waals surface area contributed by atoms with Gasteiger partial charge in [-0.05, 0) is 37.1 Å². The summed E-state index contributed by atoms with van der Waals surface area (Å²) >= 11 is 0. The van der Waals surface area contributed by atoms with Crippen molar-refractivity contribution >= 4 is 11.6 Å². The van der Waals surface area contributed by atoms with Crippen LogP contribution < -0.4 is 11.1 Å². The number of nitrogens with two attached hydrogens (primary N) is 1. The molecule has 0 spiro atoms. The van der Waals surface area contributed by atoms with E-state index in [0.29, 0.717) is 6.61 Å². The number of carbonyl (C=O) groups excluding carboxylic acids is 1. The number of benzene rings is 2. The first-order chi connectivity index (χ1) is 11.5. The van der Waals surface area contributed by atoms with Gasteiger partial charge in [0, 0.05) is 11.7 Å². The maximum Gasteiger partial charge on any atom is 0.229 e. The van der Waals surface area contributed by atoms with Gasteiger partial charge in [-0.3, -0.25) is 4.79 Å². The van der Waals surface area contributed by atoms with Crippen molar-refractivity contribution in [2.75, 3.05) is 5.32 Å². The van der Waals surface area contributed by atoms with Crippen LogP contribution in [-0.2, 0) is 16.1 Å². The lowest BCUT2D eigenvalue weighted by Crippen LogP contribution is -2.30. The molecule has 2 aromatic rings. The topological polar surface area (TPSA) is 64.3 Å². The Kier molecular flexibility index (Phi) is 6.53. The zero-order valence-electron chi connectivity index (χ0n) is 14.5. The van der Waals surface area contributed by atoms with Crippen molar-refractivity contribution in [3.05, 3.63) is 65.7 Å². The van der Waals surface area contributed by atoms with Crippen molar-refractivity contribution < 1.29 is 9.53 Å². The molecular weight excluding hydrogens is 300 g/mol. The summed E-state index contributed by atoms with van der Waals surface area (Å²) in [5.74, 6) is -0.408. The molecule has 0 heterocycles. The number of ether oxygens (including phenoxy) is 1. The van der Waals surface area contributed by atoms with Gasteiger partial charge < -0.3 is 15.8 Å². The number of carbonyl (C=O) groups is 1. The molecule has 2 unspecified atom stereocenters. The molecule has 2 rings (SSSR count). The Morgan fingerprint density at radius 1 is 1.04 bits per heavy atom. The minimum atomic E-state index is -0.329. The summed E-state index contributed by atoms with van der Waals surface area (Å²) in [6.45, 7) is 6.43. The maximum atomic E-state index is 12.4. The van der Waals surface area contributed by atoms with E-state index in [-0.39, 0.29) is 24.0 Å². The molecule has 3 N–H and O–H groups in total. The van der Waals surface area contributed by atoms with E-state index in [1.54, 1.807) is 0 Å². The summed E-state index contributed by atoms with van der Waals surface area (Å²) < 4.78 is 5.56. The van der Waals surface area contributed by atoms with E-state index in [1.165, 1.54) is 0 Å².